The molecule has 0 aliphatic rings. The lowest BCUT2D eigenvalue weighted by Gasteiger charge is -2.23. The summed E-state index contributed by atoms with van der Waals surface area (Å²) in [6.45, 7) is 7.90. The largest absolute Gasteiger partial charge is 0.465 e. The third kappa shape index (κ3) is 8.68. The second-order valence-corrected chi connectivity index (χ2v) is 4.77. The first-order valence-electron chi connectivity index (χ1n) is 5.99. The highest BCUT2D eigenvalue weighted by molar-refractivity contribution is 5.71. The van der Waals surface area contributed by atoms with Crippen LogP contribution in [0.2, 0.25) is 0 Å². The van der Waals surface area contributed by atoms with Crippen molar-refractivity contribution in [3.63, 3.8) is 0 Å². The van der Waals surface area contributed by atoms with Crippen molar-refractivity contribution < 1.29 is 9.53 Å². The van der Waals surface area contributed by atoms with E-state index in [-0.39, 0.29) is 5.97 Å². The van der Waals surface area contributed by atoms with Crippen molar-refractivity contribution in [2.75, 3.05) is 33.8 Å². The predicted molar refractivity (Wildman–Crippen MR) is 66.4 cm³/mol. The Kier molecular flexibility index (Phi) is 8.21. The highest BCUT2D eigenvalue weighted by Gasteiger charge is 2.13. The van der Waals surface area contributed by atoms with E-state index >= 15 is 0 Å². The molecule has 16 heavy (non-hydrogen) atoms. The molecular weight excluding hydrogens is 204 g/mol. The van der Waals surface area contributed by atoms with E-state index in [0.717, 1.165) is 13.0 Å². The molecule has 0 rings (SSSR count). The van der Waals surface area contributed by atoms with Crippen LogP contribution < -0.4 is 5.32 Å². The molecule has 0 saturated heterocycles. The molecule has 0 aromatic heterocycles. The van der Waals surface area contributed by atoms with Crippen LogP contribution in [0, 0.1) is 5.92 Å². The molecule has 0 radical (unpaired) electrons. The van der Waals surface area contributed by atoms with Crippen molar-refractivity contribution in [2.45, 2.75) is 33.2 Å². The molecule has 4 nitrogen and oxygen atoms in total. The van der Waals surface area contributed by atoms with Gasteiger partial charge in [0.05, 0.1) is 13.2 Å². The SMILES string of the molecule is CCOC(=O)CNC(CC(C)C)CN(C)C. The van der Waals surface area contributed by atoms with Gasteiger partial charge in [-0.3, -0.25) is 4.79 Å². The van der Waals surface area contributed by atoms with E-state index in [1.54, 1.807) is 0 Å². The zero-order valence-corrected chi connectivity index (χ0v) is 11.2. The van der Waals surface area contributed by atoms with Crippen LogP contribution in [0.15, 0.2) is 0 Å². The van der Waals surface area contributed by atoms with Gasteiger partial charge in [-0.25, -0.2) is 0 Å². The minimum atomic E-state index is -0.171. The number of carbonyl (C=O) groups excluding carboxylic acids is 1. The summed E-state index contributed by atoms with van der Waals surface area (Å²) in [5, 5.41) is 3.25. The van der Waals surface area contributed by atoms with Crippen molar-refractivity contribution in [1.29, 1.82) is 0 Å². The zero-order valence-electron chi connectivity index (χ0n) is 11.2. The quantitative estimate of drug-likeness (QED) is 0.634. The molecule has 0 aromatic carbocycles. The fourth-order valence-corrected chi connectivity index (χ4v) is 1.67. The van der Waals surface area contributed by atoms with Crippen LogP contribution in [0.3, 0.4) is 0 Å². The summed E-state index contributed by atoms with van der Waals surface area (Å²) in [5.74, 6) is 0.453. The van der Waals surface area contributed by atoms with E-state index in [4.69, 9.17) is 4.74 Å². The van der Waals surface area contributed by atoms with Gasteiger partial charge in [-0.15, -0.1) is 0 Å². The summed E-state index contributed by atoms with van der Waals surface area (Å²) in [6.07, 6.45) is 1.07. The number of hydrogen-bond donors (Lipinski definition) is 1. The molecule has 96 valence electrons. The molecule has 4 heteroatoms. The fraction of sp³-hybridized carbons (Fsp3) is 0.917. The molecule has 0 bridgehead atoms. The molecule has 0 aliphatic heterocycles. The van der Waals surface area contributed by atoms with Crippen LogP contribution in [-0.4, -0.2) is 50.7 Å². The number of nitrogens with zero attached hydrogens (tertiary/aromatic N) is 1. The summed E-state index contributed by atoms with van der Waals surface area (Å²) in [7, 11) is 4.08. The van der Waals surface area contributed by atoms with Crippen molar-refractivity contribution in [2.24, 2.45) is 5.92 Å². The van der Waals surface area contributed by atoms with E-state index < -0.39 is 0 Å². The number of rotatable bonds is 8. The topological polar surface area (TPSA) is 41.6 Å². The summed E-state index contributed by atoms with van der Waals surface area (Å²) in [5.41, 5.74) is 0. The second kappa shape index (κ2) is 8.53. The standard InChI is InChI=1S/C12H26N2O2/c1-6-16-12(15)8-13-11(7-10(2)3)9-14(4)5/h10-11,13H,6-9H2,1-5H3. The molecule has 0 saturated carbocycles. The monoisotopic (exact) mass is 230 g/mol. The Balaban J connectivity index is 3.95. The highest BCUT2D eigenvalue weighted by Crippen LogP contribution is 2.05. The van der Waals surface area contributed by atoms with Crippen molar-refractivity contribution in [3.8, 4) is 0 Å². The average Bonchev–Trinajstić information content (AvgIpc) is 2.13. The number of nitrogens with one attached hydrogen (secondary N) is 1. The Hall–Kier alpha value is -0.610. The third-order valence-electron chi connectivity index (χ3n) is 2.18. The molecule has 0 heterocycles. The van der Waals surface area contributed by atoms with Gasteiger partial charge in [0.25, 0.3) is 0 Å². The molecule has 0 aliphatic carbocycles. The van der Waals surface area contributed by atoms with Gasteiger partial charge >= 0.3 is 5.97 Å². The van der Waals surface area contributed by atoms with Crippen molar-refractivity contribution in [1.82, 2.24) is 10.2 Å². The highest BCUT2D eigenvalue weighted by atomic mass is 16.5. The molecule has 0 aromatic rings. The molecular formula is C12H26N2O2. The molecule has 1 atom stereocenters. The maximum Gasteiger partial charge on any atom is 0.319 e. The van der Waals surface area contributed by atoms with E-state index in [0.29, 0.717) is 25.1 Å². The van der Waals surface area contributed by atoms with E-state index in [1.165, 1.54) is 0 Å². The van der Waals surface area contributed by atoms with Gasteiger partial charge in [0.2, 0.25) is 0 Å². The number of esters is 1. The van der Waals surface area contributed by atoms with Crippen molar-refractivity contribution >= 4 is 5.97 Å². The van der Waals surface area contributed by atoms with Gasteiger partial charge in [-0.2, -0.15) is 0 Å². The van der Waals surface area contributed by atoms with Crippen LogP contribution in [0.1, 0.15) is 27.2 Å². The van der Waals surface area contributed by atoms with E-state index in [2.05, 4.69) is 24.1 Å². The minimum absolute atomic E-state index is 0.171. The number of hydrogen-bond acceptors (Lipinski definition) is 4. The maximum absolute atomic E-state index is 11.2. The number of likely N-dealkylation sites (N-methyl/N-ethyl adjacent to an activating group) is 1. The first kappa shape index (κ1) is 15.4. The van der Waals surface area contributed by atoms with E-state index in [9.17, 15) is 4.79 Å². The summed E-state index contributed by atoms with van der Waals surface area (Å²) < 4.78 is 4.89. The molecule has 1 unspecified atom stereocenters. The average molecular weight is 230 g/mol. The third-order valence-corrected chi connectivity index (χ3v) is 2.18. The van der Waals surface area contributed by atoms with Crippen molar-refractivity contribution in [3.05, 3.63) is 0 Å². The maximum atomic E-state index is 11.2. The van der Waals surface area contributed by atoms with Crippen LogP contribution in [0.4, 0.5) is 0 Å². The first-order valence-corrected chi connectivity index (χ1v) is 5.99. The van der Waals surface area contributed by atoms with Gasteiger partial charge in [0, 0.05) is 12.6 Å². The Morgan fingerprint density at radius 3 is 2.44 bits per heavy atom. The summed E-state index contributed by atoms with van der Waals surface area (Å²) in [6, 6.07) is 0.347. The van der Waals surface area contributed by atoms with Gasteiger partial charge < -0.3 is 15.0 Å². The van der Waals surface area contributed by atoms with Crippen LogP contribution >= 0.6 is 0 Å². The zero-order chi connectivity index (χ0) is 12.6. The smallest absolute Gasteiger partial charge is 0.319 e. The van der Waals surface area contributed by atoms with Crippen LogP contribution in [0.25, 0.3) is 0 Å². The van der Waals surface area contributed by atoms with Gasteiger partial charge in [-0.05, 0) is 33.4 Å². The molecule has 0 amide bonds. The summed E-state index contributed by atoms with van der Waals surface area (Å²) in [4.78, 5) is 13.4. The number of carbonyl (C=O) groups is 1. The lowest BCUT2D eigenvalue weighted by Crippen LogP contribution is -2.42. The fourth-order valence-electron chi connectivity index (χ4n) is 1.67. The molecule has 1 N–H and O–H groups in total. The Morgan fingerprint density at radius 1 is 1.38 bits per heavy atom. The predicted octanol–water partition coefficient (Wildman–Crippen LogP) is 1.12. The molecule has 0 spiro atoms. The second-order valence-electron chi connectivity index (χ2n) is 4.77. The lowest BCUT2D eigenvalue weighted by molar-refractivity contribution is -0.142. The van der Waals surface area contributed by atoms with E-state index in [1.807, 2.05) is 21.0 Å². The lowest BCUT2D eigenvalue weighted by atomic mass is 10.0. The normalized spacial score (nSPS) is 13.2. The Morgan fingerprint density at radius 2 is 2.00 bits per heavy atom. The van der Waals surface area contributed by atoms with Crippen LogP contribution in [-0.2, 0) is 9.53 Å². The van der Waals surface area contributed by atoms with Gasteiger partial charge in [-0.1, -0.05) is 13.8 Å². The Labute approximate surface area is 99.3 Å². The van der Waals surface area contributed by atoms with Gasteiger partial charge in [0.1, 0.15) is 0 Å². The first-order chi connectivity index (χ1) is 7.45. The van der Waals surface area contributed by atoms with Crippen LogP contribution in [0.5, 0.6) is 0 Å². The Bertz CT molecular complexity index is 183. The molecule has 0 fully saturated rings. The summed E-state index contributed by atoms with van der Waals surface area (Å²) >= 11 is 0. The van der Waals surface area contributed by atoms with Gasteiger partial charge in [0.15, 0.2) is 0 Å². The minimum Gasteiger partial charge on any atom is -0.465 e. The number of ether oxygens (including phenoxy) is 1.